The third kappa shape index (κ3) is 1.91. The molecule has 3 heteroatoms. The molecule has 2 atom stereocenters. The Hall–Kier alpha value is -0.600. The second-order valence-electron chi connectivity index (χ2n) is 3.84. The van der Waals surface area contributed by atoms with Crippen LogP contribution < -0.4 is 5.32 Å². The van der Waals surface area contributed by atoms with Gasteiger partial charge in [-0.1, -0.05) is 11.6 Å². The van der Waals surface area contributed by atoms with Gasteiger partial charge in [0.1, 0.15) is 5.82 Å². The first kappa shape index (κ1) is 9.94. The minimum atomic E-state index is -0.244. The van der Waals surface area contributed by atoms with E-state index in [-0.39, 0.29) is 5.82 Å². The number of halogens is 2. The van der Waals surface area contributed by atoms with Gasteiger partial charge in [0.15, 0.2) is 0 Å². The average Bonchev–Trinajstić information content (AvgIpc) is 2.49. The van der Waals surface area contributed by atoms with Crippen molar-refractivity contribution in [2.75, 3.05) is 6.54 Å². The van der Waals surface area contributed by atoms with Crippen LogP contribution in [0.25, 0.3) is 0 Å². The summed E-state index contributed by atoms with van der Waals surface area (Å²) in [6.07, 6.45) is 1.06. The molecule has 1 heterocycles. The molecular weight excluding hydrogens is 201 g/mol. The number of benzene rings is 1. The maximum Gasteiger partial charge on any atom is 0.124 e. The van der Waals surface area contributed by atoms with E-state index in [1.54, 1.807) is 6.07 Å². The second kappa shape index (κ2) is 3.87. The number of rotatable bonds is 1. The molecule has 0 aliphatic carbocycles. The Morgan fingerprint density at radius 3 is 2.79 bits per heavy atom. The van der Waals surface area contributed by atoms with E-state index in [9.17, 15) is 4.39 Å². The Labute approximate surface area is 88.3 Å². The fraction of sp³-hybridized carbons (Fsp3) is 0.455. The van der Waals surface area contributed by atoms with E-state index in [4.69, 9.17) is 11.6 Å². The molecule has 1 aliphatic heterocycles. The summed E-state index contributed by atoms with van der Waals surface area (Å²) in [5.74, 6) is 0.148. The Balaban J connectivity index is 2.31. The van der Waals surface area contributed by atoms with Crippen molar-refractivity contribution >= 4 is 11.6 Å². The Bertz CT molecular complexity index is 320. The quantitative estimate of drug-likeness (QED) is 0.757. The third-order valence-electron chi connectivity index (χ3n) is 2.84. The zero-order valence-electron chi connectivity index (χ0n) is 8.06. The van der Waals surface area contributed by atoms with Gasteiger partial charge in [-0.15, -0.1) is 0 Å². The van der Waals surface area contributed by atoms with Crippen LogP contribution in [0.1, 0.15) is 24.8 Å². The van der Waals surface area contributed by atoms with Gasteiger partial charge in [-0.05, 0) is 43.7 Å². The van der Waals surface area contributed by atoms with Gasteiger partial charge in [-0.3, -0.25) is 0 Å². The van der Waals surface area contributed by atoms with Crippen LogP contribution in [-0.4, -0.2) is 12.6 Å². The van der Waals surface area contributed by atoms with Crippen LogP contribution in [0, 0.1) is 5.82 Å². The van der Waals surface area contributed by atoms with Gasteiger partial charge in [-0.25, -0.2) is 4.39 Å². The Morgan fingerprint density at radius 2 is 2.21 bits per heavy atom. The minimum Gasteiger partial charge on any atom is -0.314 e. The summed E-state index contributed by atoms with van der Waals surface area (Å²) in [4.78, 5) is 0. The van der Waals surface area contributed by atoms with E-state index in [0.717, 1.165) is 18.5 Å². The van der Waals surface area contributed by atoms with E-state index in [1.165, 1.54) is 6.07 Å². The largest absolute Gasteiger partial charge is 0.314 e. The molecule has 0 radical (unpaired) electrons. The third-order valence-corrected chi connectivity index (χ3v) is 3.06. The zero-order chi connectivity index (χ0) is 10.1. The van der Waals surface area contributed by atoms with E-state index >= 15 is 0 Å². The van der Waals surface area contributed by atoms with Gasteiger partial charge in [0, 0.05) is 17.0 Å². The van der Waals surface area contributed by atoms with Crippen LogP contribution >= 0.6 is 11.6 Å². The fourth-order valence-electron chi connectivity index (χ4n) is 2.10. The van der Waals surface area contributed by atoms with Crippen molar-refractivity contribution in [1.82, 2.24) is 5.32 Å². The summed E-state index contributed by atoms with van der Waals surface area (Å²) < 4.78 is 13.1. The van der Waals surface area contributed by atoms with Crippen LogP contribution in [0.5, 0.6) is 0 Å². The topological polar surface area (TPSA) is 12.0 Å². The van der Waals surface area contributed by atoms with Crippen LogP contribution in [0.3, 0.4) is 0 Å². The fourth-order valence-corrected chi connectivity index (χ4v) is 2.33. The molecule has 14 heavy (non-hydrogen) atoms. The summed E-state index contributed by atoms with van der Waals surface area (Å²) >= 11 is 5.82. The maximum atomic E-state index is 13.1. The zero-order valence-corrected chi connectivity index (χ0v) is 8.81. The van der Waals surface area contributed by atoms with E-state index in [2.05, 4.69) is 12.2 Å². The molecule has 1 saturated heterocycles. The van der Waals surface area contributed by atoms with Gasteiger partial charge in [0.2, 0.25) is 0 Å². The highest BCUT2D eigenvalue weighted by atomic mass is 35.5. The van der Waals surface area contributed by atoms with Crippen LogP contribution in [0.4, 0.5) is 4.39 Å². The predicted molar refractivity (Wildman–Crippen MR) is 56.2 cm³/mol. The molecule has 1 fully saturated rings. The molecule has 1 aromatic rings. The van der Waals surface area contributed by atoms with Crippen LogP contribution in [-0.2, 0) is 0 Å². The monoisotopic (exact) mass is 213 g/mol. The maximum absolute atomic E-state index is 13.1. The van der Waals surface area contributed by atoms with E-state index in [0.29, 0.717) is 17.0 Å². The van der Waals surface area contributed by atoms with Crippen molar-refractivity contribution in [3.63, 3.8) is 0 Å². The highest BCUT2D eigenvalue weighted by Crippen LogP contribution is 2.29. The lowest BCUT2D eigenvalue weighted by molar-refractivity contribution is 0.582. The lowest BCUT2D eigenvalue weighted by Crippen LogP contribution is -2.21. The van der Waals surface area contributed by atoms with E-state index in [1.807, 2.05) is 6.07 Å². The molecule has 1 aliphatic rings. The molecule has 1 aromatic carbocycles. The summed E-state index contributed by atoms with van der Waals surface area (Å²) in [5, 5.41) is 3.83. The van der Waals surface area contributed by atoms with Crippen molar-refractivity contribution in [2.24, 2.45) is 0 Å². The summed E-state index contributed by atoms with van der Waals surface area (Å²) in [6.45, 7) is 3.12. The number of hydrogen-bond donors (Lipinski definition) is 1. The van der Waals surface area contributed by atoms with Gasteiger partial charge in [0.25, 0.3) is 0 Å². The highest BCUT2D eigenvalue weighted by Gasteiger charge is 2.24. The minimum absolute atomic E-state index is 0.244. The van der Waals surface area contributed by atoms with Gasteiger partial charge in [-0.2, -0.15) is 0 Å². The molecule has 2 unspecified atom stereocenters. The molecule has 0 saturated carbocycles. The van der Waals surface area contributed by atoms with Crippen molar-refractivity contribution < 1.29 is 4.39 Å². The lowest BCUT2D eigenvalue weighted by atomic mass is 9.93. The predicted octanol–water partition coefficient (Wildman–Crippen LogP) is 2.94. The average molecular weight is 214 g/mol. The van der Waals surface area contributed by atoms with E-state index < -0.39 is 0 Å². The molecule has 76 valence electrons. The van der Waals surface area contributed by atoms with Crippen molar-refractivity contribution in [3.8, 4) is 0 Å². The first-order valence-corrected chi connectivity index (χ1v) is 5.24. The molecule has 1 nitrogen and oxygen atoms in total. The summed E-state index contributed by atoms with van der Waals surface area (Å²) in [6, 6.07) is 5.20. The first-order chi connectivity index (χ1) is 6.66. The molecule has 1 N–H and O–H groups in total. The molecular formula is C11H13ClFN. The first-order valence-electron chi connectivity index (χ1n) is 4.86. The normalized spacial score (nSPS) is 26.8. The molecule has 0 aromatic heterocycles. The second-order valence-corrected chi connectivity index (χ2v) is 4.28. The molecule has 0 spiro atoms. The number of hydrogen-bond acceptors (Lipinski definition) is 1. The SMILES string of the molecule is CC1NCCC1c1cc(F)cc(Cl)c1. The van der Waals surface area contributed by atoms with Crippen molar-refractivity contribution in [1.29, 1.82) is 0 Å². The van der Waals surface area contributed by atoms with Gasteiger partial charge in [0.05, 0.1) is 0 Å². The van der Waals surface area contributed by atoms with Crippen LogP contribution in [0.15, 0.2) is 18.2 Å². The highest BCUT2D eigenvalue weighted by molar-refractivity contribution is 6.30. The van der Waals surface area contributed by atoms with Gasteiger partial charge >= 0.3 is 0 Å². The number of nitrogens with one attached hydrogen (secondary N) is 1. The van der Waals surface area contributed by atoms with Gasteiger partial charge < -0.3 is 5.32 Å². The summed E-state index contributed by atoms with van der Waals surface area (Å²) in [7, 11) is 0. The smallest absolute Gasteiger partial charge is 0.124 e. The Kier molecular flexibility index (Phi) is 2.75. The lowest BCUT2D eigenvalue weighted by Gasteiger charge is -2.15. The van der Waals surface area contributed by atoms with Crippen molar-refractivity contribution in [2.45, 2.75) is 25.3 Å². The standard InChI is InChI=1S/C11H13ClFN/c1-7-11(2-3-14-7)8-4-9(12)6-10(13)5-8/h4-7,11,14H,2-3H2,1H3. The molecule has 2 rings (SSSR count). The molecule has 0 bridgehead atoms. The van der Waals surface area contributed by atoms with Crippen LogP contribution in [0.2, 0.25) is 5.02 Å². The summed E-state index contributed by atoms with van der Waals surface area (Å²) in [5.41, 5.74) is 1.01. The van der Waals surface area contributed by atoms with Crippen molar-refractivity contribution in [3.05, 3.63) is 34.6 Å². The Morgan fingerprint density at radius 1 is 1.43 bits per heavy atom. The molecule has 0 amide bonds.